The number of benzene rings is 1. The molecule has 8 heteroatoms. The number of likely N-dealkylation sites (tertiary alicyclic amines) is 2. The molecule has 0 saturated carbocycles. The zero-order chi connectivity index (χ0) is 25.4. The van der Waals surface area contributed by atoms with Crippen molar-refractivity contribution >= 4 is 17.7 Å². The maximum absolute atomic E-state index is 13.3. The van der Waals surface area contributed by atoms with E-state index in [4.69, 9.17) is 4.74 Å². The van der Waals surface area contributed by atoms with Crippen LogP contribution in [-0.4, -0.2) is 90.7 Å². The van der Waals surface area contributed by atoms with Gasteiger partial charge in [-0.2, -0.15) is 0 Å². The van der Waals surface area contributed by atoms with Gasteiger partial charge in [0.25, 0.3) is 0 Å². The normalized spacial score (nSPS) is 25.4. The zero-order valence-electron chi connectivity index (χ0n) is 21.9. The summed E-state index contributed by atoms with van der Waals surface area (Å²) in [7, 11) is 1.94. The summed E-state index contributed by atoms with van der Waals surface area (Å²) in [4.78, 5) is 34.3. The third-order valence-corrected chi connectivity index (χ3v) is 8.03. The molecule has 1 aromatic rings. The van der Waals surface area contributed by atoms with Crippen molar-refractivity contribution in [1.82, 2.24) is 14.7 Å². The maximum atomic E-state index is 13.3. The van der Waals surface area contributed by atoms with Crippen molar-refractivity contribution in [2.75, 3.05) is 51.2 Å². The molecule has 2 amide bonds. The summed E-state index contributed by atoms with van der Waals surface area (Å²) in [6.07, 6.45) is 2.96. The minimum absolute atomic E-state index is 0.205. The number of anilines is 1. The molecule has 0 bridgehead atoms. The Morgan fingerprint density at radius 2 is 1.77 bits per heavy atom. The maximum Gasteiger partial charge on any atom is 0.410 e. The van der Waals surface area contributed by atoms with Gasteiger partial charge in [0.1, 0.15) is 11.4 Å². The number of hydrogen-bond donors (Lipinski definition) is 0. The number of ether oxygens (including phenoxy) is 1. The van der Waals surface area contributed by atoms with Crippen LogP contribution in [0.4, 0.5) is 14.9 Å². The van der Waals surface area contributed by atoms with Crippen molar-refractivity contribution in [3.63, 3.8) is 0 Å². The topological polar surface area (TPSA) is 56.3 Å². The molecule has 4 rings (SSSR count). The van der Waals surface area contributed by atoms with Gasteiger partial charge in [-0.3, -0.25) is 9.69 Å². The Morgan fingerprint density at radius 3 is 2.37 bits per heavy atom. The van der Waals surface area contributed by atoms with Crippen molar-refractivity contribution < 1.29 is 18.7 Å². The van der Waals surface area contributed by atoms with Crippen molar-refractivity contribution in [3.8, 4) is 0 Å². The Balaban J connectivity index is 1.28. The molecule has 1 aromatic carbocycles. The van der Waals surface area contributed by atoms with Gasteiger partial charge in [0.2, 0.25) is 5.91 Å². The van der Waals surface area contributed by atoms with Gasteiger partial charge in [-0.25, -0.2) is 9.18 Å². The van der Waals surface area contributed by atoms with Crippen molar-refractivity contribution in [1.29, 1.82) is 0 Å². The molecule has 0 unspecified atom stereocenters. The van der Waals surface area contributed by atoms with Gasteiger partial charge in [-0.05, 0) is 77.6 Å². The van der Waals surface area contributed by atoms with Gasteiger partial charge in [0, 0.05) is 64.1 Å². The first-order valence-corrected chi connectivity index (χ1v) is 13.0. The van der Waals surface area contributed by atoms with E-state index in [1.807, 2.05) is 44.9 Å². The monoisotopic (exact) mass is 488 g/mol. The summed E-state index contributed by atoms with van der Waals surface area (Å²) in [6.45, 7) is 12.8. The summed E-state index contributed by atoms with van der Waals surface area (Å²) in [5.41, 5.74) is 0.214. The average molecular weight is 489 g/mol. The molecule has 3 aliphatic heterocycles. The number of nitrogens with zero attached hydrogens (tertiary/aromatic N) is 4. The second-order valence-corrected chi connectivity index (χ2v) is 11.6. The molecule has 0 radical (unpaired) electrons. The van der Waals surface area contributed by atoms with E-state index in [1.165, 1.54) is 12.1 Å². The minimum atomic E-state index is -0.512. The molecule has 1 spiro atoms. The predicted molar refractivity (Wildman–Crippen MR) is 135 cm³/mol. The molecule has 3 heterocycles. The lowest BCUT2D eigenvalue weighted by Gasteiger charge is -2.41. The Bertz CT molecular complexity index is 908. The SMILES string of the molecule is C[C@@H]1CN(c2ccc(F)cc2)CCN1CC[C@H]1CC2(CCN(C(=O)OC(C)(C)C)CC2)C(=O)N1C. The van der Waals surface area contributed by atoms with Gasteiger partial charge >= 0.3 is 6.09 Å². The number of carbonyl (C=O) groups is 2. The number of hydrogen-bond acceptors (Lipinski definition) is 5. The van der Waals surface area contributed by atoms with Crippen molar-refractivity contribution in [2.24, 2.45) is 5.41 Å². The molecule has 0 aliphatic carbocycles. The first-order chi connectivity index (χ1) is 16.5. The van der Waals surface area contributed by atoms with Crippen LogP contribution in [-0.2, 0) is 9.53 Å². The average Bonchev–Trinajstić information content (AvgIpc) is 3.02. The second-order valence-electron chi connectivity index (χ2n) is 11.6. The lowest BCUT2D eigenvalue weighted by atomic mass is 9.76. The van der Waals surface area contributed by atoms with Crippen LogP contribution < -0.4 is 4.90 Å². The van der Waals surface area contributed by atoms with Gasteiger partial charge in [-0.15, -0.1) is 0 Å². The molecule has 194 valence electrons. The summed E-state index contributed by atoms with van der Waals surface area (Å²) in [6, 6.07) is 7.37. The molecule has 0 aromatic heterocycles. The largest absolute Gasteiger partial charge is 0.444 e. The van der Waals surface area contributed by atoms with Crippen LogP contribution >= 0.6 is 0 Å². The summed E-state index contributed by atoms with van der Waals surface area (Å²) in [5.74, 6) is 0.0319. The van der Waals surface area contributed by atoms with Gasteiger partial charge in [0.05, 0.1) is 5.41 Å². The number of amides is 2. The highest BCUT2D eigenvalue weighted by molar-refractivity contribution is 5.85. The summed E-state index contributed by atoms with van der Waals surface area (Å²) < 4.78 is 18.8. The van der Waals surface area contributed by atoms with E-state index in [2.05, 4.69) is 16.7 Å². The molecular formula is C27H41FN4O3. The Morgan fingerprint density at radius 1 is 1.11 bits per heavy atom. The highest BCUT2D eigenvalue weighted by Gasteiger charge is 2.51. The fourth-order valence-electron chi connectivity index (χ4n) is 5.90. The molecule has 2 atom stereocenters. The standard InChI is InChI=1S/C27H41FN4O3/c1-20-19-32(22-8-6-21(28)7-9-22)17-16-30(20)13-10-23-18-27(24(33)29(23)5)11-14-31(15-12-27)25(34)35-26(2,3)4/h6-9,20,23H,10-19H2,1-5H3/t20-,23+/m1/s1. The van der Waals surface area contributed by atoms with Crippen LogP contribution in [0.15, 0.2) is 24.3 Å². The molecular weight excluding hydrogens is 447 g/mol. The van der Waals surface area contributed by atoms with Gasteiger partial charge in [0.15, 0.2) is 0 Å². The van der Waals surface area contributed by atoms with E-state index in [-0.39, 0.29) is 29.3 Å². The van der Waals surface area contributed by atoms with Crippen LogP contribution in [0.3, 0.4) is 0 Å². The summed E-state index contributed by atoms with van der Waals surface area (Å²) in [5, 5.41) is 0. The molecule has 35 heavy (non-hydrogen) atoms. The Hall–Kier alpha value is -2.35. The Labute approximate surface area is 209 Å². The smallest absolute Gasteiger partial charge is 0.410 e. The molecule has 3 fully saturated rings. The predicted octanol–water partition coefficient (Wildman–Crippen LogP) is 3.97. The number of piperidine rings is 1. The highest BCUT2D eigenvalue weighted by Crippen LogP contribution is 2.45. The zero-order valence-corrected chi connectivity index (χ0v) is 21.9. The fourth-order valence-corrected chi connectivity index (χ4v) is 5.90. The third-order valence-electron chi connectivity index (χ3n) is 8.03. The minimum Gasteiger partial charge on any atom is -0.444 e. The summed E-state index contributed by atoms with van der Waals surface area (Å²) >= 11 is 0. The Kier molecular flexibility index (Phi) is 7.32. The molecule has 7 nitrogen and oxygen atoms in total. The molecule has 3 saturated heterocycles. The lowest BCUT2D eigenvalue weighted by molar-refractivity contribution is -0.137. The first-order valence-electron chi connectivity index (χ1n) is 13.0. The number of piperazine rings is 1. The quantitative estimate of drug-likeness (QED) is 0.642. The van der Waals surface area contributed by atoms with E-state index in [0.717, 1.165) is 44.7 Å². The number of halogens is 1. The fraction of sp³-hybridized carbons (Fsp3) is 0.704. The van der Waals surface area contributed by atoms with Crippen LogP contribution in [0.25, 0.3) is 0 Å². The van der Waals surface area contributed by atoms with Crippen molar-refractivity contribution in [3.05, 3.63) is 30.1 Å². The molecule has 3 aliphatic rings. The van der Waals surface area contributed by atoms with Crippen LogP contribution in [0.1, 0.15) is 53.4 Å². The van der Waals surface area contributed by atoms with E-state index in [1.54, 1.807) is 4.90 Å². The van der Waals surface area contributed by atoms with Gasteiger partial charge in [-0.1, -0.05) is 0 Å². The highest BCUT2D eigenvalue weighted by atomic mass is 19.1. The molecule has 0 N–H and O–H groups in total. The van der Waals surface area contributed by atoms with Crippen molar-refractivity contribution in [2.45, 2.75) is 71.1 Å². The van der Waals surface area contributed by atoms with E-state index in [0.29, 0.717) is 32.0 Å². The number of rotatable bonds is 4. The first kappa shape index (κ1) is 25.7. The van der Waals surface area contributed by atoms with E-state index < -0.39 is 5.60 Å². The number of carbonyl (C=O) groups excluding carboxylic acids is 2. The van der Waals surface area contributed by atoms with E-state index >= 15 is 0 Å². The lowest BCUT2D eigenvalue weighted by Crippen LogP contribution is -2.52. The third kappa shape index (κ3) is 5.74. The second kappa shape index (κ2) is 9.96. The van der Waals surface area contributed by atoms with Gasteiger partial charge < -0.3 is 19.4 Å². The van der Waals surface area contributed by atoms with Crippen LogP contribution in [0, 0.1) is 11.2 Å². The van der Waals surface area contributed by atoms with Crippen LogP contribution in [0.2, 0.25) is 0 Å². The van der Waals surface area contributed by atoms with E-state index in [9.17, 15) is 14.0 Å². The van der Waals surface area contributed by atoms with Crippen LogP contribution in [0.5, 0.6) is 0 Å².